The van der Waals surface area contributed by atoms with E-state index in [4.69, 9.17) is 23.9 Å². The third kappa shape index (κ3) is 6.63. The van der Waals surface area contributed by atoms with Gasteiger partial charge in [-0.15, -0.1) is 0 Å². The zero-order valence-electron chi connectivity index (χ0n) is 22.7. The van der Waals surface area contributed by atoms with Gasteiger partial charge < -0.3 is 34.5 Å². The summed E-state index contributed by atoms with van der Waals surface area (Å²) in [7, 11) is 4.58. The van der Waals surface area contributed by atoms with Gasteiger partial charge >= 0.3 is 6.09 Å². The van der Waals surface area contributed by atoms with Gasteiger partial charge in [0.15, 0.2) is 0 Å². The SMILES string of the molecule is COCCNc1cc(NC(=O)c2cccc3cc(CN4CCCCOC4=O)c(C(OC)OC)nc23)ncc1C#N. The molecule has 0 aliphatic carbocycles. The molecule has 1 aromatic carbocycles. The number of nitrogens with one attached hydrogen (secondary N) is 2. The molecular weight excluding hydrogens is 516 g/mol. The molecule has 3 aromatic rings. The van der Waals surface area contributed by atoms with Gasteiger partial charge in [0.25, 0.3) is 5.91 Å². The first kappa shape index (κ1) is 28.7. The van der Waals surface area contributed by atoms with Crippen LogP contribution in [-0.4, -0.2) is 74.5 Å². The molecule has 1 fully saturated rings. The van der Waals surface area contributed by atoms with Crippen molar-refractivity contribution in [2.24, 2.45) is 0 Å². The number of hydrogen-bond acceptors (Lipinski definition) is 10. The molecule has 40 heavy (non-hydrogen) atoms. The van der Waals surface area contributed by atoms with Crippen molar-refractivity contribution in [1.29, 1.82) is 5.26 Å². The van der Waals surface area contributed by atoms with Gasteiger partial charge in [0.1, 0.15) is 17.6 Å². The van der Waals surface area contributed by atoms with E-state index in [0.29, 0.717) is 59.7 Å². The molecule has 3 heterocycles. The van der Waals surface area contributed by atoms with Crippen LogP contribution in [-0.2, 0) is 25.5 Å². The summed E-state index contributed by atoms with van der Waals surface area (Å²) in [6.45, 7) is 2.14. The van der Waals surface area contributed by atoms with E-state index in [1.165, 1.54) is 20.4 Å². The lowest BCUT2D eigenvalue weighted by Crippen LogP contribution is -2.31. The van der Waals surface area contributed by atoms with Crippen molar-refractivity contribution in [2.75, 3.05) is 58.3 Å². The van der Waals surface area contributed by atoms with E-state index in [-0.39, 0.29) is 18.5 Å². The van der Waals surface area contributed by atoms with Crippen molar-refractivity contribution in [3.05, 3.63) is 58.9 Å². The van der Waals surface area contributed by atoms with E-state index in [9.17, 15) is 14.9 Å². The average molecular weight is 549 g/mol. The Hall–Kier alpha value is -4.31. The average Bonchev–Trinajstić information content (AvgIpc) is 3.17. The second kappa shape index (κ2) is 13.7. The third-order valence-electron chi connectivity index (χ3n) is 6.41. The minimum Gasteiger partial charge on any atom is -0.449 e. The molecule has 0 bridgehead atoms. The number of anilines is 2. The Kier molecular flexibility index (Phi) is 9.80. The van der Waals surface area contributed by atoms with Gasteiger partial charge in [-0.05, 0) is 30.5 Å². The number of para-hydroxylation sites is 1. The standard InChI is InChI=1S/C28H32N6O6/c1-37-12-9-30-22-14-23(31-16-20(22)15-29)32-26(35)21-8-6-7-18-13-19(17-34-10-4-5-11-40-28(34)36)25(33-24(18)21)27(38-2)39-3/h6-8,13-14,16,27H,4-5,9-12,17H2,1-3H3,(H2,30,31,32,35). The number of hydrogen-bond donors (Lipinski definition) is 2. The van der Waals surface area contributed by atoms with E-state index in [2.05, 4.69) is 21.7 Å². The summed E-state index contributed by atoms with van der Waals surface area (Å²) in [6, 6.07) is 10.8. The molecule has 0 saturated carbocycles. The van der Waals surface area contributed by atoms with Crippen LogP contribution in [0.3, 0.4) is 0 Å². The molecular formula is C28H32N6O6. The Bertz CT molecular complexity index is 1400. The maximum absolute atomic E-state index is 13.4. The highest BCUT2D eigenvalue weighted by atomic mass is 16.7. The Balaban J connectivity index is 1.68. The summed E-state index contributed by atoms with van der Waals surface area (Å²) in [5.74, 6) is -0.163. The van der Waals surface area contributed by atoms with Gasteiger partial charge in [-0.2, -0.15) is 5.26 Å². The third-order valence-corrected chi connectivity index (χ3v) is 6.41. The fourth-order valence-corrected chi connectivity index (χ4v) is 4.42. The van der Waals surface area contributed by atoms with Crippen LogP contribution >= 0.6 is 0 Å². The Morgan fingerprint density at radius 3 is 2.80 bits per heavy atom. The Labute approximate surface area is 232 Å². The fourth-order valence-electron chi connectivity index (χ4n) is 4.42. The van der Waals surface area contributed by atoms with Gasteiger partial charge in [0.2, 0.25) is 6.29 Å². The molecule has 12 heteroatoms. The fraction of sp³-hybridized carbons (Fsp3) is 0.393. The van der Waals surface area contributed by atoms with Crippen molar-refractivity contribution >= 4 is 34.4 Å². The molecule has 210 valence electrons. The molecule has 0 atom stereocenters. The first-order valence-electron chi connectivity index (χ1n) is 12.8. The summed E-state index contributed by atoms with van der Waals surface area (Å²) >= 11 is 0. The van der Waals surface area contributed by atoms with Crippen molar-refractivity contribution < 1.29 is 28.5 Å². The quantitative estimate of drug-likeness (QED) is 0.267. The van der Waals surface area contributed by atoms with Gasteiger partial charge in [0, 0.05) is 52.1 Å². The lowest BCUT2D eigenvalue weighted by molar-refractivity contribution is -0.109. The predicted octanol–water partition coefficient (Wildman–Crippen LogP) is 3.84. The highest BCUT2D eigenvalue weighted by Gasteiger charge is 2.25. The number of aromatic nitrogens is 2. The normalized spacial score (nSPS) is 13.6. The highest BCUT2D eigenvalue weighted by Crippen LogP contribution is 2.28. The first-order chi connectivity index (χ1) is 19.5. The minimum atomic E-state index is -0.820. The zero-order chi connectivity index (χ0) is 28.5. The number of methoxy groups -OCH3 is 3. The number of nitrogens with zero attached hydrogens (tertiary/aromatic N) is 4. The zero-order valence-corrected chi connectivity index (χ0v) is 22.7. The summed E-state index contributed by atoms with van der Waals surface area (Å²) in [5, 5.41) is 16.0. The summed E-state index contributed by atoms with van der Waals surface area (Å²) < 4.78 is 21.4. The largest absolute Gasteiger partial charge is 0.449 e. The van der Waals surface area contributed by atoms with Crippen LogP contribution in [0.5, 0.6) is 0 Å². The highest BCUT2D eigenvalue weighted by molar-refractivity contribution is 6.11. The second-order valence-electron chi connectivity index (χ2n) is 9.06. The van der Waals surface area contributed by atoms with Crippen molar-refractivity contribution in [3.8, 4) is 6.07 Å². The van der Waals surface area contributed by atoms with Crippen molar-refractivity contribution in [1.82, 2.24) is 14.9 Å². The number of carbonyl (C=O) groups excluding carboxylic acids is 2. The molecule has 0 spiro atoms. The number of ether oxygens (including phenoxy) is 4. The second-order valence-corrected chi connectivity index (χ2v) is 9.06. The van der Waals surface area contributed by atoms with Crippen LogP contribution < -0.4 is 10.6 Å². The van der Waals surface area contributed by atoms with Gasteiger partial charge in [-0.3, -0.25) is 4.79 Å². The minimum absolute atomic E-state index is 0.255. The lowest BCUT2D eigenvalue weighted by atomic mass is 10.0. The number of cyclic esters (lactones) is 1. The van der Waals surface area contributed by atoms with Crippen LogP contribution in [0.15, 0.2) is 36.5 Å². The van der Waals surface area contributed by atoms with Gasteiger partial charge in [-0.1, -0.05) is 12.1 Å². The number of fused-ring (bicyclic) bond motifs is 1. The van der Waals surface area contributed by atoms with Crippen LogP contribution in [0, 0.1) is 11.3 Å². The van der Waals surface area contributed by atoms with Crippen molar-refractivity contribution in [3.63, 3.8) is 0 Å². The molecule has 2 amide bonds. The smallest absolute Gasteiger partial charge is 0.410 e. The number of amides is 2. The van der Waals surface area contributed by atoms with Gasteiger partial charge in [-0.25, -0.2) is 14.8 Å². The molecule has 1 saturated heterocycles. The van der Waals surface area contributed by atoms with E-state index in [1.54, 1.807) is 30.2 Å². The maximum Gasteiger partial charge on any atom is 0.410 e. The number of benzene rings is 1. The molecule has 1 aliphatic heterocycles. The summed E-state index contributed by atoms with van der Waals surface area (Å²) in [5.41, 5.74) is 2.79. The molecule has 1 aliphatic rings. The Morgan fingerprint density at radius 1 is 1.23 bits per heavy atom. The van der Waals surface area contributed by atoms with Crippen LogP contribution in [0.4, 0.5) is 16.3 Å². The molecule has 0 radical (unpaired) electrons. The van der Waals surface area contributed by atoms with E-state index in [1.807, 2.05) is 12.1 Å². The summed E-state index contributed by atoms with van der Waals surface area (Å²) in [6.07, 6.45) is 1.83. The van der Waals surface area contributed by atoms with E-state index in [0.717, 1.165) is 18.4 Å². The molecule has 4 rings (SSSR count). The number of carbonyl (C=O) groups is 2. The number of rotatable bonds is 11. The summed E-state index contributed by atoms with van der Waals surface area (Å²) in [4.78, 5) is 36.6. The van der Waals surface area contributed by atoms with Crippen LogP contribution in [0.25, 0.3) is 10.9 Å². The number of nitriles is 1. The monoisotopic (exact) mass is 548 g/mol. The van der Waals surface area contributed by atoms with E-state index >= 15 is 0 Å². The number of pyridine rings is 2. The molecule has 2 N–H and O–H groups in total. The predicted molar refractivity (Wildman–Crippen MR) is 147 cm³/mol. The van der Waals surface area contributed by atoms with E-state index < -0.39 is 12.2 Å². The molecule has 2 aromatic heterocycles. The maximum atomic E-state index is 13.4. The molecule has 0 unspecified atom stereocenters. The molecule has 12 nitrogen and oxygen atoms in total. The topological polar surface area (TPSA) is 148 Å². The van der Waals surface area contributed by atoms with Gasteiger partial charge in [0.05, 0.1) is 42.1 Å². The van der Waals surface area contributed by atoms with Crippen LogP contribution in [0.1, 0.15) is 46.3 Å². The van der Waals surface area contributed by atoms with Crippen molar-refractivity contribution in [2.45, 2.75) is 25.7 Å². The van der Waals surface area contributed by atoms with Crippen LogP contribution in [0.2, 0.25) is 0 Å². The first-order valence-corrected chi connectivity index (χ1v) is 12.8. The lowest BCUT2D eigenvalue weighted by Gasteiger charge is -2.23. The Morgan fingerprint density at radius 2 is 2.05 bits per heavy atom.